The molecule has 0 aliphatic rings. The molecule has 0 radical (unpaired) electrons. The van der Waals surface area contributed by atoms with Crippen molar-refractivity contribution < 1.29 is 4.79 Å². The van der Waals surface area contributed by atoms with Crippen molar-refractivity contribution in [3.63, 3.8) is 0 Å². The number of amides is 2. The Labute approximate surface area is 140 Å². The third kappa shape index (κ3) is 4.45. The van der Waals surface area contributed by atoms with Crippen LogP contribution in [0.15, 0.2) is 61.4 Å². The molecule has 24 heavy (non-hydrogen) atoms. The summed E-state index contributed by atoms with van der Waals surface area (Å²) in [5.74, 6) is 0. The number of nitrogens with one attached hydrogen (secondary N) is 2. The summed E-state index contributed by atoms with van der Waals surface area (Å²) in [6, 6.07) is 9.40. The van der Waals surface area contributed by atoms with Crippen molar-refractivity contribution in [3.05, 3.63) is 67.0 Å². The average molecular weight is 324 g/mol. The van der Waals surface area contributed by atoms with Crippen molar-refractivity contribution in [3.8, 4) is 0 Å². The molecular formula is C17H20N6O. The minimum Gasteiger partial charge on any atom is -0.335 e. The molecule has 0 aliphatic heterocycles. The van der Waals surface area contributed by atoms with Crippen LogP contribution in [0.4, 0.5) is 10.5 Å². The molecule has 1 unspecified atom stereocenters. The number of nitrogens with zero attached hydrogens (tertiary/aromatic N) is 4. The Morgan fingerprint density at radius 1 is 1.21 bits per heavy atom. The number of carbonyl (C=O) groups excluding carboxylic acids is 1. The zero-order valence-electron chi connectivity index (χ0n) is 13.5. The molecule has 7 heteroatoms. The molecule has 7 nitrogen and oxygen atoms in total. The van der Waals surface area contributed by atoms with Crippen molar-refractivity contribution in [2.24, 2.45) is 0 Å². The molecule has 0 saturated carbocycles. The molecule has 1 aromatic carbocycles. The van der Waals surface area contributed by atoms with E-state index >= 15 is 0 Å². The van der Waals surface area contributed by atoms with Crippen LogP contribution >= 0.6 is 0 Å². The van der Waals surface area contributed by atoms with Crippen LogP contribution in [0, 0.1) is 0 Å². The zero-order chi connectivity index (χ0) is 16.8. The topological polar surface area (TPSA) is 76.8 Å². The minimum atomic E-state index is -0.220. The smallest absolute Gasteiger partial charge is 0.319 e. The lowest BCUT2D eigenvalue weighted by Crippen LogP contribution is -2.38. The largest absolute Gasteiger partial charge is 0.335 e. The molecule has 124 valence electrons. The number of hydrogen-bond acceptors (Lipinski definition) is 3. The summed E-state index contributed by atoms with van der Waals surface area (Å²) in [5, 5.41) is 9.92. The summed E-state index contributed by atoms with van der Waals surface area (Å²) >= 11 is 0. The number of benzene rings is 1. The van der Waals surface area contributed by atoms with Crippen LogP contribution < -0.4 is 10.6 Å². The van der Waals surface area contributed by atoms with E-state index in [0.29, 0.717) is 13.1 Å². The van der Waals surface area contributed by atoms with E-state index in [1.54, 1.807) is 18.7 Å². The van der Waals surface area contributed by atoms with Crippen molar-refractivity contribution >= 4 is 11.7 Å². The van der Waals surface area contributed by atoms with Gasteiger partial charge in [-0.25, -0.2) is 9.78 Å². The molecule has 1 atom stereocenters. The summed E-state index contributed by atoms with van der Waals surface area (Å²) in [6.45, 7) is 3.34. The van der Waals surface area contributed by atoms with E-state index in [1.807, 2.05) is 58.9 Å². The third-order valence-electron chi connectivity index (χ3n) is 3.54. The highest BCUT2D eigenvalue weighted by Crippen LogP contribution is 2.10. The lowest BCUT2D eigenvalue weighted by Gasteiger charge is -2.15. The van der Waals surface area contributed by atoms with Gasteiger partial charge in [-0.2, -0.15) is 5.10 Å². The van der Waals surface area contributed by atoms with Crippen molar-refractivity contribution in [2.45, 2.75) is 26.1 Å². The normalized spacial score (nSPS) is 11.9. The van der Waals surface area contributed by atoms with E-state index in [4.69, 9.17) is 0 Å². The molecule has 2 amide bonds. The van der Waals surface area contributed by atoms with E-state index in [1.165, 1.54) is 0 Å². The lowest BCUT2D eigenvalue weighted by molar-refractivity contribution is 0.248. The van der Waals surface area contributed by atoms with Gasteiger partial charge in [-0.1, -0.05) is 12.1 Å². The first-order chi connectivity index (χ1) is 11.7. The van der Waals surface area contributed by atoms with Gasteiger partial charge in [0.05, 0.1) is 12.9 Å². The number of anilines is 1. The Bertz CT molecular complexity index is 749. The molecule has 2 N–H and O–H groups in total. The van der Waals surface area contributed by atoms with Gasteiger partial charge in [0.25, 0.3) is 0 Å². The van der Waals surface area contributed by atoms with Gasteiger partial charge >= 0.3 is 6.03 Å². The highest BCUT2D eigenvalue weighted by atomic mass is 16.2. The van der Waals surface area contributed by atoms with Crippen molar-refractivity contribution in [1.29, 1.82) is 0 Å². The zero-order valence-corrected chi connectivity index (χ0v) is 13.5. The second-order valence-electron chi connectivity index (χ2n) is 5.66. The number of imidazole rings is 1. The number of rotatable bonds is 6. The lowest BCUT2D eigenvalue weighted by atomic mass is 10.2. The molecule has 2 aromatic heterocycles. The van der Waals surface area contributed by atoms with Crippen LogP contribution in [-0.4, -0.2) is 31.4 Å². The van der Waals surface area contributed by atoms with Gasteiger partial charge in [0.2, 0.25) is 0 Å². The van der Waals surface area contributed by atoms with E-state index in [2.05, 4.69) is 20.7 Å². The summed E-state index contributed by atoms with van der Waals surface area (Å²) in [6.07, 6.45) is 8.99. The molecule has 0 bridgehead atoms. The summed E-state index contributed by atoms with van der Waals surface area (Å²) < 4.78 is 3.78. The summed E-state index contributed by atoms with van der Waals surface area (Å²) in [4.78, 5) is 16.0. The predicted octanol–water partition coefficient (Wildman–Crippen LogP) is 2.34. The Morgan fingerprint density at radius 2 is 2.04 bits per heavy atom. The molecule has 0 aliphatic carbocycles. The first kappa shape index (κ1) is 15.8. The van der Waals surface area contributed by atoms with E-state index in [-0.39, 0.29) is 12.1 Å². The fourth-order valence-electron chi connectivity index (χ4n) is 2.42. The van der Waals surface area contributed by atoms with Crippen LogP contribution in [0.25, 0.3) is 0 Å². The minimum absolute atomic E-state index is 0.00158. The third-order valence-corrected chi connectivity index (χ3v) is 3.54. The number of aromatic nitrogens is 4. The summed E-state index contributed by atoms with van der Waals surface area (Å²) in [5.41, 5.74) is 1.88. The second-order valence-corrected chi connectivity index (χ2v) is 5.66. The van der Waals surface area contributed by atoms with Gasteiger partial charge in [-0.15, -0.1) is 0 Å². The SMILES string of the molecule is CC(Cn1ccnc1)NC(=O)Nc1ccc(Cn2cccn2)cc1. The standard InChI is InChI=1S/C17H20N6O/c1-14(11-22-10-8-18-13-22)20-17(24)21-16-5-3-15(4-6-16)12-23-9-2-7-19-23/h2-10,13-14H,11-12H2,1H3,(H2,20,21,24). The Hall–Kier alpha value is -3.09. The van der Waals surface area contributed by atoms with Crippen LogP contribution in [0.3, 0.4) is 0 Å². The highest BCUT2D eigenvalue weighted by Gasteiger charge is 2.08. The van der Waals surface area contributed by atoms with Crippen LogP contribution in [0.5, 0.6) is 0 Å². The quantitative estimate of drug-likeness (QED) is 0.730. The fourth-order valence-corrected chi connectivity index (χ4v) is 2.42. The Kier molecular flexibility index (Phi) is 4.90. The maximum absolute atomic E-state index is 12.0. The van der Waals surface area contributed by atoms with Gasteiger partial charge in [0.1, 0.15) is 0 Å². The first-order valence-electron chi connectivity index (χ1n) is 7.78. The molecule has 0 fully saturated rings. The highest BCUT2D eigenvalue weighted by molar-refractivity contribution is 5.89. The summed E-state index contributed by atoms with van der Waals surface area (Å²) in [7, 11) is 0. The van der Waals surface area contributed by atoms with Gasteiger partial charge in [-0.3, -0.25) is 4.68 Å². The van der Waals surface area contributed by atoms with E-state index < -0.39 is 0 Å². The maximum Gasteiger partial charge on any atom is 0.319 e. The Balaban J connectivity index is 1.49. The van der Waals surface area contributed by atoms with Crippen LogP contribution in [0.1, 0.15) is 12.5 Å². The number of urea groups is 1. The molecule has 0 spiro atoms. The number of hydrogen-bond donors (Lipinski definition) is 2. The Morgan fingerprint density at radius 3 is 2.71 bits per heavy atom. The van der Waals surface area contributed by atoms with E-state index in [9.17, 15) is 4.79 Å². The van der Waals surface area contributed by atoms with Gasteiger partial charge in [0.15, 0.2) is 0 Å². The van der Waals surface area contributed by atoms with Crippen molar-refractivity contribution in [1.82, 2.24) is 24.6 Å². The van der Waals surface area contributed by atoms with Gasteiger partial charge < -0.3 is 15.2 Å². The van der Waals surface area contributed by atoms with E-state index in [0.717, 1.165) is 11.3 Å². The molecule has 3 aromatic rings. The maximum atomic E-state index is 12.0. The van der Waals surface area contributed by atoms with Gasteiger partial charge in [-0.05, 0) is 30.7 Å². The molecule has 2 heterocycles. The predicted molar refractivity (Wildman–Crippen MR) is 91.6 cm³/mol. The van der Waals surface area contributed by atoms with Crippen molar-refractivity contribution in [2.75, 3.05) is 5.32 Å². The number of carbonyl (C=O) groups is 1. The van der Waals surface area contributed by atoms with Gasteiger partial charge in [0, 0.05) is 43.1 Å². The first-order valence-corrected chi connectivity index (χ1v) is 7.78. The monoisotopic (exact) mass is 324 g/mol. The average Bonchev–Trinajstić information content (AvgIpc) is 3.23. The molecule has 0 saturated heterocycles. The molecule has 3 rings (SSSR count). The molecular weight excluding hydrogens is 304 g/mol. The van der Waals surface area contributed by atoms with Crippen LogP contribution in [0.2, 0.25) is 0 Å². The van der Waals surface area contributed by atoms with Crippen LogP contribution in [-0.2, 0) is 13.1 Å². The second kappa shape index (κ2) is 7.45. The fraction of sp³-hybridized carbons (Fsp3) is 0.235.